The second-order valence-electron chi connectivity index (χ2n) is 11.1. The van der Waals surface area contributed by atoms with Gasteiger partial charge in [-0.2, -0.15) is 5.10 Å². The maximum Gasteiger partial charge on any atom is 0.254 e. The number of nitrogens with zero attached hydrogens (tertiary/aromatic N) is 5. The van der Waals surface area contributed by atoms with Crippen molar-refractivity contribution < 1.29 is 14.3 Å². The SMILES string of the molecule is COc1ccc(-c2nc(-c3ccncc3)nn2CCN(C(=O)c2cccc3c2C(=O)c2ccccc2-3)C2CCCC2)cc1Cl. The molecular formula is C35H30ClN5O3. The molecule has 7 rings (SSSR count). The van der Waals surface area contributed by atoms with Gasteiger partial charge in [0.1, 0.15) is 5.75 Å². The van der Waals surface area contributed by atoms with Gasteiger partial charge in [0.2, 0.25) is 0 Å². The Morgan fingerprint density at radius 2 is 1.70 bits per heavy atom. The number of hydrogen-bond donors (Lipinski definition) is 0. The molecule has 1 saturated carbocycles. The molecule has 1 fully saturated rings. The van der Waals surface area contributed by atoms with Gasteiger partial charge in [-0.1, -0.05) is 60.8 Å². The highest BCUT2D eigenvalue weighted by Crippen LogP contribution is 2.39. The number of ketones is 1. The third-order valence-electron chi connectivity index (χ3n) is 8.58. The van der Waals surface area contributed by atoms with Crippen molar-refractivity contribution in [2.45, 2.75) is 38.3 Å². The quantitative estimate of drug-likeness (QED) is 0.187. The van der Waals surface area contributed by atoms with Gasteiger partial charge in [-0.25, -0.2) is 9.67 Å². The van der Waals surface area contributed by atoms with Crippen LogP contribution in [-0.4, -0.2) is 56.0 Å². The maximum absolute atomic E-state index is 14.4. The van der Waals surface area contributed by atoms with E-state index in [-0.39, 0.29) is 17.7 Å². The van der Waals surface area contributed by atoms with Gasteiger partial charge in [0, 0.05) is 47.2 Å². The van der Waals surface area contributed by atoms with Gasteiger partial charge >= 0.3 is 0 Å². The zero-order valence-electron chi connectivity index (χ0n) is 24.2. The Labute approximate surface area is 260 Å². The number of hydrogen-bond acceptors (Lipinski definition) is 6. The summed E-state index contributed by atoms with van der Waals surface area (Å²) >= 11 is 6.50. The van der Waals surface area contributed by atoms with Gasteiger partial charge in [-0.3, -0.25) is 14.6 Å². The van der Waals surface area contributed by atoms with E-state index in [9.17, 15) is 9.59 Å². The molecule has 2 heterocycles. The van der Waals surface area contributed by atoms with Crippen LogP contribution < -0.4 is 4.74 Å². The Morgan fingerprint density at radius 1 is 0.955 bits per heavy atom. The molecular weight excluding hydrogens is 574 g/mol. The van der Waals surface area contributed by atoms with Crippen molar-refractivity contribution in [3.05, 3.63) is 107 Å². The molecule has 220 valence electrons. The van der Waals surface area contributed by atoms with Crippen LogP contribution in [0.15, 0.2) is 85.2 Å². The highest BCUT2D eigenvalue weighted by molar-refractivity contribution is 6.32. The number of carbonyl (C=O) groups excluding carboxylic acids is 2. The summed E-state index contributed by atoms with van der Waals surface area (Å²) in [7, 11) is 1.58. The van der Waals surface area contributed by atoms with Crippen molar-refractivity contribution >= 4 is 23.3 Å². The summed E-state index contributed by atoms with van der Waals surface area (Å²) < 4.78 is 7.19. The van der Waals surface area contributed by atoms with Crippen LogP contribution in [0.4, 0.5) is 0 Å². The van der Waals surface area contributed by atoms with Crippen molar-refractivity contribution in [3.63, 3.8) is 0 Å². The molecule has 8 nitrogen and oxygen atoms in total. The molecule has 9 heteroatoms. The first-order chi connectivity index (χ1) is 21.5. The molecule has 0 atom stereocenters. The first-order valence-electron chi connectivity index (χ1n) is 14.8. The van der Waals surface area contributed by atoms with Gasteiger partial charge in [0.15, 0.2) is 17.4 Å². The number of amides is 1. The topological polar surface area (TPSA) is 90.2 Å². The third-order valence-corrected chi connectivity index (χ3v) is 8.88. The molecule has 0 aliphatic heterocycles. The van der Waals surface area contributed by atoms with Gasteiger partial charge in [0.05, 0.1) is 24.2 Å². The molecule has 3 aromatic carbocycles. The van der Waals surface area contributed by atoms with E-state index in [1.807, 2.05) is 76.3 Å². The predicted octanol–water partition coefficient (Wildman–Crippen LogP) is 6.97. The van der Waals surface area contributed by atoms with Crippen LogP contribution >= 0.6 is 11.6 Å². The second-order valence-corrected chi connectivity index (χ2v) is 11.5. The maximum atomic E-state index is 14.4. The molecule has 0 bridgehead atoms. The molecule has 2 aliphatic carbocycles. The lowest BCUT2D eigenvalue weighted by atomic mass is 9.99. The van der Waals surface area contributed by atoms with Crippen molar-refractivity contribution in [1.29, 1.82) is 0 Å². The molecule has 1 amide bonds. The average Bonchev–Trinajstić information content (AvgIpc) is 3.81. The zero-order valence-corrected chi connectivity index (χ0v) is 25.0. The molecule has 2 aromatic heterocycles. The smallest absolute Gasteiger partial charge is 0.254 e. The Balaban J connectivity index is 1.24. The number of pyridine rings is 1. The average molecular weight is 604 g/mol. The summed E-state index contributed by atoms with van der Waals surface area (Å²) in [5, 5.41) is 5.34. The van der Waals surface area contributed by atoms with Crippen molar-refractivity contribution in [3.8, 4) is 39.7 Å². The first-order valence-corrected chi connectivity index (χ1v) is 15.2. The summed E-state index contributed by atoms with van der Waals surface area (Å²) in [6, 6.07) is 22.5. The lowest BCUT2D eigenvalue weighted by molar-refractivity contribution is 0.0668. The van der Waals surface area contributed by atoms with Crippen molar-refractivity contribution in [2.75, 3.05) is 13.7 Å². The monoisotopic (exact) mass is 603 g/mol. The largest absolute Gasteiger partial charge is 0.495 e. The minimum atomic E-state index is -0.126. The first kappa shape index (κ1) is 28.0. The molecule has 0 saturated heterocycles. The number of carbonyl (C=O) groups is 2. The Morgan fingerprint density at radius 3 is 2.45 bits per heavy atom. The van der Waals surface area contributed by atoms with E-state index < -0.39 is 0 Å². The summed E-state index contributed by atoms with van der Waals surface area (Å²) in [6.07, 6.45) is 7.40. The lowest BCUT2D eigenvalue weighted by Gasteiger charge is -2.30. The van der Waals surface area contributed by atoms with Crippen LogP contribution in [0, 0.1) is 0 Å². The van der Waals surface area contributed by atoms with Crippen LogP contribution in [0.5, 0.6) is 5.75 Å². The van der Waals surface area contributed by atoms with Crippen LogP contribution in [0.25, 0.3) is 33.9 Å². The second kappa shape index (κ2) is 11.7. The minimum Gasteiger partial charge on any atom is -0.495 e. The van der Waals surface area contributed by atoms with E-state index in [1.165, 1.54) is 0 Å². The summed E-state index contributed by atoms with van der Waals surface area (Å²) in [6.45, 7) is 0.812. The highest BCUT2D eigenvalue weighted by atomic mass is 35.5. The minimum absolute atomic E-state index is 0.0827. The number of methoxy groups -OCH3 is 1. The molecule has 0 N–H and O–H groups in total. The standard InChI is InChI=1S/C35H30ClN5O3/c1-44-30-14-13-23(21-29(30)36)34-38-33(22-15-17-37-18-16-22)39-41(34)20-19-40(24-7-2-3-8-24)35(43)28-12-6-11-26-25-9-4-5-10-27(25)32(42)31(26)28/h4-6,9-18,21,24H,2-3,7-8,19-20H2,1H3. The van der Waals surface area contributed by atoms with E-state index in [2.05, 4.69) is 4.98 Å². The molecule has 0 radical (unpaired) electrons. The van der Waals surface area contributed by atoms with Crippen LogP contribution in [0.2, 0.25) is 5.02 Å². The molecule has 0 unspecified atom stereocenters. The number of aromatic nitrogens is 4. The Hall–Kier alpha value is -4.82. The third kappa shape index (κ3) is 4.95. The number of fused-ring (bicyclic) bond motifs is 3. The Bertz CT molecular complexity index is 1880. The lowest BCUT2D eigenvalue weighted by Crippen LogP contribution is -2.41. The number of rotatable bonds is 8. The summed E-state index contributed by atoms with van der Waals surface area (Å²) in [5.74, 6) is 1.53. The highest BCUT2D eigenvalue weighted by Gasteiger charge is 2.34. The van der Waals surface area contributed by atoms with E-state index >= 15 is 0 Å². The van der Waals surface area contributed by atoms with Crippen molar-refractivity contribution in [1.82, 2.24) is 24.6 Å². The molecule has 44 heavy (non-hydrogen) atoms. The van der Waals surface area contributed by atoms with Crippen LogP contribution in [0.1, 0.15) is 52.0 Å². The predicted molar refractivity (Wildman–Crippen MR) is 169 cm³/mol. The summed E-state index contributed by atoms with van der Waals surface area (Å²) in [4.78, 5) is 38.9. The van der Waals surface area contributed by atoms with Gasteiger partial charge in [-0.05, 0) is 60.4 Å². The zero-order chi connectivity index (χ0) is 30.2. The number of halogens is 1. The normalized spacial score (nSPS) is 14.0. The fraction of sp³-hybridized carbons (Fsp3) is 0.229. The number of ether oxygens (including phenoxy) is 1. The fourth-order valence-electron chi connectivity index (χ4n) is 6.41. The van der Waals surface area contributed by atoms with Gasteiger partial charge < -0.3 is 9.64 Å². The van der Waals surface area contributed by atoms with Crippen LogP contribution in [-0.2, 0) is 6.54 Å². The molecule has 2 aliphatic rings. The van der Waals surface area contributed by atoms with E-state index in [4.69, 9.17) is 26.4 Å². The van der Waals surface area contributed by atoms with Crippen LogP contribution in [0.3, 0.4) is 0 Å². The van der Waals surface area contributed by atoms with E-state index in [0.29, 0.717) is 52.2 Å². The number of benzene rings is 3. The van der Waals surface area contributed by atoms with E-state index in [0.717, 1.165) is 47.9 Å². The summed E-state index contributed by atoms with van der Waals surface area (Å²) in [5.41, 5.74) is 4.91. The Kier molecular flexibility index (Phi) is 7.44. The molecule has 5 aromatic rings. The van der Waals surface area contributed by atoms with Gasteiger partial charge in [0.25, 0.3) is 5.91 Å². The van der Waals surface area contributed by atoms with Gasteiger partial charge in [-0.15, -0.1) is 0 Å². The van der Waals surface area contributed by atoms with E-state index in [1.54, 1.807) is 25.6 Å². The fourth-order valence-corrected chi connectivity index (χ4v) is 6.67. The van der Waals surface area contributed by atoms with Crippen molar-refractivity contribution in [2.24, 2.45) is 0 Å². The molecule has 0 spiro atoms.